The molecular weight excluding hydrogens is 384 g/mol. The number of carbonyl (C=O) groups excluding carboxylic acids is 2. The number of carbonyl (C=O) groups is 2. The van der Waals surface area contributed by atoms with E-state index in [1.807, 2.05) is 6.07 Å². The molecule has 0 radical (unpaired) electrons. The van der Waals surface area contributed by atoms with Crippen LogP contribution in [-0.4, -0.2) is 40.6 Å². The first-order chi connectivity index (χ1) is 13.4. The third kappa shape index (κ3) is 6.07. The molecule has 0 aliphatic heterocycles. The number of hydrogen-bond acceptors (Lipinski definition) is 6. The van der Waals surface area contributed by atoms with Crippen LogP contribution in [0.5, 0.6) is 5.75 Å². The fourth-order valence-corrected chi connectivity index (χ4v) is 3.33. The van der Waals surface area contributed by atoms with Gasteiger partial charge >= 0.3 is 5.97 Å². The smallest absolute Gasteiger partial charge is 0.338 e. The van der Waals surface area contributed by atoms with Crippen LogP contribution in [0.25, 0.3) is 0 Å². The molecule has 9 heteroatoms. The van der Waals surface area contributed by atoms with Crippen LogP contribution >= 0.6 is 0 Å². The Bertz CT molecular complexity index is 926. The van der Waals surface area contributed by atoms with Crippen molar-refractivity contribution in [2.24, 2.45) is 0 Å². The van der Waals surface area contributed by atoms with Crippen LogP contribution in [0.3, 0.4) is 0 Å². The Kier molecular flexibility index (Phi) is 7.53. The van der Waals surface area contributed by atoms with Crippen molar-refractivity contribution < 1.29 is 27.5 Å². The molecule has 2 aromatic rings. The van der Waals surface area contributed by atoms with Crippen LogP contribution < -0.4 is 14.8 Å². The lowest BCUT2D eigenvalue weighted by atomic mass is 10.2. The first kappa shape index (κ1) is 21.4. The van der Waals surface area contributed by atoms with Gasteiger partial charge in [0.15, 0.2) is 6.61 Å². The summed E-state index contributed by atoms with van der Waals surface area (Å²) in [5.41, 5.74) is 0.993. The second-order valence-corrected chi connectivity index (χ2v) is 7.50. The van der Waals surface area contributed by atoms with Gasteiger partial charge in [0.2, 0.25) is 10.0 Å². The maximum atomic E-state index is 12.0. The van der Waals surface area contributed by atoms with Gasteiger partial charge in [-0.1, -0.05) is 19.1 Å². The van der Waals surface area contributed by atoms with E-state index in [1.165, 1.54) is 24.3 Å². The summed E-state index contributed by atoms with van der Waals surface area (Å²) in [6.07, 6.45) is 0. The third-order valence-corrected chi connectivity index (χ3v) is 5.25. The van der Waals surface area contributed by atoms with Gasteiger partial charge in [-0.05, 0) is 42.0 Å². The number of nitrogens with one attached hydrogen (secondary N) is 2. The average Bonchev–Trinajstić information content (AvgIpc) is 2.70. The van der Waals surface area contributed by atoms with Crippen LogP contribution in [0.1, 0.15) is 22.8 Å². The Hall–Kier alpha value is -2.91. The molecule has 2 rings (SSSR count). The molecule has 1 amide bonds. The quantitative estimate of drug-likeness (QED) is 0.610. The fourth-order valence-electron chi connectivity index (χ4n) is 2.29. The molecule has 2 aromatic carbocycles. The Morgan fingerprint density at radius 3 is 2.43 bits per heavy atom. The molecule has 0 aliphatic carbocycles. The number of benzene rings is 2. The molecule has 2 N–H and O–H groups in total. The van der Waals surface area contributed by atoms with Gasteiger partial charge in [-0.15, -0.1) is 0 Å². The molecule has 0 fully saturated rings. The van der Waals surface area contributed by atoms with E-state index in [0.717, 1.165) is 5.56 Å². The van der Waals surface area contributed by atoms with Crippen LogP contribution in [0.15, 0.2) is 53.4 Å². The predicted octanol–water partition coefficient (Wildman–Crippen LogP) is 1.47. The summed E-state index contributed by atoms with van der Waals surface area (Å²) in [7, 11) is -2.04. The molecule has 0 heterocycles. The lowest BCUT2D eigenvalue weighted by Crippen LogP contribution is -2.28. The molecular formula is C19H22N2O6S. The number of sulfonamides is 1. The highest BCUT2D eigenvalue weighted by Gasteiger charge is 2.15. The van der Waals surface area contributed by atoms with Crippen molar-refractivity contribution in [1.82, 2.24) is 10.0 Å². The van der Waals surface area contributed by atoms with E-state index >= 15 is 0 Å². The maximum Gasteiger partial charge on any atom is 0.338 e. The van der Waals surface area contributed by atoms with E-state index in [-0.39, 0.29) is 23.5 Å². The topological polar surface area (TPSA) is 111 Å². The highest BCUT2D eigenvalue weighted by Crippen LogP contribution is 2.13. The summed E-state index contributed by atoms with van der Waals surface area (Å²) in [5.74, 6) is -0.496. The van der Waals surface area contributed by atoms with Gasteiger partial charge in [0.05, 0.1) is 17.6 Å². The molecule has 0 aromatic heterocycles. The van der Waals surface area contributed by atoms with Gasteiger partial charge in [0.1, 0.15) is 5.75 Å². The van der Waals surface area contributed by atoms with Crippen LogP contribution in [-0.2, 0) is 26.1 Å². The second kappa shape index (κ2) is 9.86. The van der Waals surface area contributed by atoms with Crippen molar-refractivity contribution in [3.8, 4) is 5.75 Å². The summed E-state index contributed by atoms with van der Waals surface area (Å²) in [4.78, 5) is 23.9. The lowest BCUT2D eigenvalue weighted by Gasteiger charge is -2.08. The predicted molar refractivity (Wildman–Crippen MR) is 102 cm³/mol. The minimum Gasteiger partial charge on any atom is -0.497 e. The van der Waals surface area contributed by atoms with Gasteiger partial charge in [0.25, 0.3) is 5.91 Å². The summed E-state index contributed by atoms with van der Waals surface area (Å²) in [5, 5.41) is 2.64. The van der Waals surface area contributed by atoms with Gasteiger partial charge < -0.3 is 14.8 Å². The fraction of sp³-hybridized carbons (Fsp3) is 0.263. The van der Waals surface area contributed by atoms with Crippen molar-refractivity contribution >= 4 is 21.9 Å². The number of methoxy groups -OCH3 is 1. The standard InChI is InChI=1S/C19H22N2O6S/c1-3-21-28(24,25)17-9-7-15(8-10-17)19(23)27-13-18(22)20-12-14-5-4-6-16(11-14)26-2/h4-11,21H,3,12-13H2,1-2H3,(H,20,22). The maximum absolute atomic E-state index is 12.0. The number of hydrogen-bond donors (Lipinski definition) is 2. The summed E-state index contributed by atoms with van der Waals surface area (Å²) >= 11 is 0. The number of esters is 1. The molecule has 0 bridgehead atoms. The molecule has 0 spiro atoms. The average molecular weight is 406 g/mol. The van der Waals surface area contributed by atoms with Crippen LogP contribution in [0.4, 0.5) is 0 Å². The van der Waals surface area contributed by atoms with Gasteiger partial charge in [-0.2, -0.15) is 0 Å². The van der Waals surface area contributed by atoms with Crippen molar-refractivity contribution in [2.75, 3.05) is 20.3 Å². The number of amides is 1. The molecule has 28 heavy (non-hydrogen) atoms. The first-order valence-electron chi connectivity index (χ1n) is 8.52. The molecule has 0 unspecified atom stereocenters. The largest absolute Gasteiger partial charge is 0.497 e. The van der Waals surface area contributed by atoms with E-state index in [4.69, 9.17) is 9.47 Å². The Balaban J connectivity index is 1.85. The molecule has 0 atom stereocenters. The van der Waals surface area contributed by atoms with Crippen molar-refractivity contribution in [3.05, 3.63) is 59.7 Å². The third-order valence-electron chi connectivity index (χ3n) is 3.69. The lowest BCUT2D eigenvalue weighted by molar-refractivity contribution is -0.124. The molecule has 0 aliphatic rings. The zero-order valence-corrected chi connectivity index (χ0v) is 16.4. The SMILES string of the molecule is CCNS(=O)(=O)c1ccc(C(=O)OCC(=O)NCc2cccc(OC)c2)cc1. The summed E-state index contributed by atoms with van der Waals surface area (Å²) in [6.45, 7) is 1.75. The molecule has 0 saturated carbocycles. The van der Waals surface area contributed by atoms with Gasteiger partial charge in [0, 0.05) is 13.1 Å². The normalized spacial score (nSPS) is 10.9. The number of rotatable bonds is 9. The van der Waals surface area contributed by atoms with Crippen LogP contribution in [0, 0.1) is 0 Å². The molecule has 8 nitrogen and oxygen atoms in total. The first-order valence-corrected chi connectivity index (χ1v) is 10.0. The van der Waals surface area contributed by atoms with E-state index in [0.29, 0.717) is 5.75 Å². The zero-order valence-electron chi connectivity index (χ0n) is 15.6. The van der Waals surface area contributed by atoms with E-state index in [9.17, 15) is 18.0 Å². The minimum absolute atomic E-state index is 0.0435. The Morgan fingerprint density at radius 2 is 1.79 bits per heavy atom. The van der Waals surface area contributed by atoms with E-state index in [1.54, 1.807) is 32.2 Å². The molecule has 0 saturated heterocycles. The zero-order chi connectivity index (χ0) is 20.6. The minimum atomic E-state index is -3.59. The Labute approximate surface area is 163 Å². The van der Waals surface area contributed by atoms with Crippen molar-refractivity contribution in [1.29, 1.82) is 0 Å². The van der Waals surface area contributed by atoms with E-state index < -0.39 is 28.5 Å². The Morgan fingerprint density at radius 1 is 1.07 bits per heavy atom. The van der Waals surface area contributed by atoms with Gasteiger partial charge in [-0.25, -0.2) is 17.9 Å². The van der Waals surface area contributed by atoms with E-state index in [2.05, 4.69) is 10.0 Å². The second-order valence-electron chi connectivity index (χ2n) is 5.73. The molecule has 150 valence electrons. The summed E-state index contributed by atoms with van der Waals surface area (Å²) in [6, 6.07) is 12.5. The monoisotopic (exact) mass is 406 g/mol. The van der Waals surface area contributed by atoms with Gasteiger partial charge in [-0.3, -0.25) is 4.79 Å². The highest BCUT2D eigenvalue weighted by atomic mass is 32.2. The number of ether oxygens (including phenoxy) is 2. The summed E-state index contributed by atoms with van der Waals surface area (Å²) < 4.78 is 36.2. The van der Waals surface area contributed by atoms with Crippen LogP contribution in [0.2, 0.25) is 0 Å². The van der Waals surface area contributed by atoms with Crippen molar-refractivity contribution in [2.45, 2.75) is 18.4 Å². The van der Waals surface area contributed by atoms with Crippen molar-refractivity contribution in [3.63, 3.8) is 0 Å². The highest BCUT2D eigenvalue weighted by molar-refractivity contribution is 7.89.